The van der Waals surface area contributed by atoms with Gasteiger partial charge in [0.25, 0.3) is 0 Å². The van der Waals surface area contributed by atoms with Crippen LogP contribution >= 0.6 is 15.6 Å². The molecule has 0 amide bonds. The highest BCUT2D eigenvalue weighted by Crippen LogP contribution is 2.45. The largest absolute Gasteiger partial charge is 0.472 e. The minimum absolute atomic E-state index is 0.106. The summed E-state index contributed by atoms with van der Waals surface area (Å²) in [5, 5.41) is 10.5. The second kappa shape index (κ2) is 57.8. The first kappa shape index (κ1) is 81.1. The van der Waals surface area contributed by atoms with Crippen LogP contribution in [0.1, 0.15) is 324 Å². The Kier molecular flexibility index (Phi) is 56.4. The fourth-order valence-corrected chi connectivity index (χ4v) is 11.2. The zero-order valence-electron chi connectivity index (χ0n) is 53.3. The number of rotatable bonds is 64. The van der Waals surface area contributed by atoms with Crippen LogP contribution in [0.4, 0.5) is 0 Å². The highest BCUT2D eigenvalue weighted by atomic mass is 31.2. The van der Waals surface area contributed by atoms with Crippen molar-refractivity contribution in [3.63, 3.8) is 0 Å². The van der Waals surface area contributed by atoms with E-state index in [0.717, 1.165) is 102 Å². The summed E-state index contributed by atoms with van der Waals surface area (Å²) in [7, 11) is -9.88. The number of phosphoric acid groups is 2. The Labute approximate surface area is 505 Å². The lowest BCUT2D eigenvalue weighted by Crippen LogP contribution is -2.30. The first-order valence-corrected chi connectivity index (χ1v) is 36.6. The second-order valence-corrected chi connectivity index (χ2v) is 26.5. The molecule has 0 aliphatic carbocycles. The smallest absolute Gasteiger partial charge is 0.462 e. The number of carbonyl (C=O) groups excluding carboxylic acids is 4. The molecule has 83 heavy (non-hydrogen) atoms. The van der Waals surface area contributed by atoms with E-state index in [0.29, 0.717) is 25.7 Å². The van der Waals surface area contributed by atoms with Gasteiger partial charge < -0.3 is 33.8 Å². The minimum atomic E-state index is -4.94. The van der Waals surface area contributed by atoms with Gasteiger partial charge in [-0.1, -0.05) is 272 Å². The number of aliphatic hydroxyl groups is 1. The molecule has 19 heteroatoms. The summed E-state index contributed by atoms with van der Waals surface area (Å²) in [5.74, 6) is -1.38. The monoisotopic (exact) mass is 1230 g/mol. The molecule has 17 nitrogen and oxygen atoms in total. The standard InChI is InChI=1S/C64H124O17P2/c1-6-9-12-15-17-19-21-25-29-33-38-43-48-62(67)75-54-60(81-64(69)50-45-40-35-31-27-23-24-28-32-37-41-46-57(4)5)56-79-83(72,73)77-52-58(65)51-76-82(70,71)78-55-59(53-74-61(66)47-42-36-14-11-8-3)80-63(68)49-44-39-34-30-26-22-20-18-16-13-10-7-2/h57-60,65H,6-56H2,1-5H3,(H,70,71)(H,72,73)/t58-,59+,60+/m0/s1. The van der Waals surface area contributed by atoms with Crippen LogP contribution in [0.3, 0.4) is 0 Å². The summed E-state index contributed by atoms with van der Waals surface area (Å²) in [4.78, 5) is 72.0. The molecule has 0 radical (unpaired) electrons. The maximum absolute atomic E-state index is 13.0. The van der Waals surface area contributed by atoms with Gasteiger partial charge in [-0.15, -0.1) is 0 Å². The molecule has 0 aliphatic rings. The Morgan fingerprint density at radius 3 is 0.819 bits per heavy atom. The number of phosphoric ester groups is 2. The van der Waals surface area contributed by atoms with Gasteiger partial charge in [0.2, 0.25) is 0 Å². The Hall–Kier alpha value is -1.94. The van der Waals surface area contributed by atoms with Gasteiger partial charge in [0.15, 0.2) is 12.2 Å². The molecular weight excluding hydrogens is 1100 g/mol. The first-order chi connectivity index (χ1) is 40.0. The average Bonchev–Trinajstić information content (AvgIpc) is 3.50. The predicted octanol–water partition coefficient (Wildman–Crippen LogP) is 17.8. The molecule has 492 valence electrons. The van der Waals surface area contributed by atoms with Crippen molar-refractivity contribution in [1.29, 1.82) is 0 Å². The maximum Gasteiger partial charge on any atom is 0.472 e. The lowest BCUT2D eigenvalue weighted by atomic mass is 10.0. The molecule has 0 aromatic heterocycles. The molecule has 0 saturated heterocycles. The third-order valence-corrected chi connectivity index (χ3v) is 16.7. The average molecular weight is 1230 g/mol. The van der Waals surface area contributed by atoms with E-state index in [4.69, 9.17) is 37.0 Å². The van der Waals surface area contributed by atoms with Crippen molar-refractivity contribution >= 4 is 39.5 Å². The molecule has 0 bridgehead atoms. The summed E-state index contributed by atoms with van der Waals surface area (Å²) in [6, 6.07) is 0. The molecule has 0 aromatic rings. The molecular formula is C64H124O17P2. The predicted molar refractivity (Wildman–Crippen MR) is 331 cm³/mol. The van der Waals surface area contributed by atoms with E-state index in [-0.39, 0.29) is 25.7 Å². The number of carbonyl (C=O) groups is 4. The SMILES string of the molecule is CCCCCCCCCCCCCCC(=O)OC[C@H](COP(=O)(O)OC[C@@H](O)COP(=O)(O)OC[C@@H](COC(=O)CCCCCCC)OC(=O)CCCCCCCCCCCCCC)OC(=O)CCCCCCCCCCCCCC(C)C. The quantitative estimate of drug-likeness (QED) is 0.0222. The summed E-state index contributed by atoms with van der Waals surface area (Å²) in [6.45, 7) is 7.12. The number of hydrogen-bond donors (Lipinski definition) is 3. The molecule has 0 fully saturated rings. The summed E-state index contributed by atoms with van der Waals surface area (Å²) in [6.07, 6.45) is 41.9. The number of ether oxygens (including phenoxy) is 4. The van der Waals surface area contributed by atoms with Gasteiger partial charge in [-0.25, -0.2) is 9.13 Å². The molecule has 5 atom stereocenters. The van der Waals surface area contributed by atoms with Gasteiger partial charge in [-0.3, -0.25) is 37.3 Å². The van der Waals surface area contributed by atoms with Gasteiger partial charge in [-0.05, 0) is 31.6 Å². The molecule has 0 aromatic carbocycles. The van der Waals surface area contributed by atoms with E-state index in [1.54, 1.807) is 0 Å². The van der Waals surface area contributed by atoms with Crippen molar-refractivity contribution < 1.29 is 80.2 Å². The fourth-order valence-electron chi connectivity index (χ4n) is 9.58. The van der Waals surface area contributed by atoms with Crippen molar-refractivity contribution in [1.82, 2.24) is 0 Å². The minimum Gasteiger partial charge on any atom is -0.462 e. The first-order valence-electron chi connectivity index (χ1n) is 33.6. The normalized spacial score (nSPS) is 14.2. The van der Waals surface area contributed by atoms with Crippen LogP contribution in [0.5, 0.6) is 0 Å². The lowest BCUT2D eigenvalue weighted by molar-refractivity contribution is -0.161. The van der Waals surface area contributed by atoms with E-state index in [9.17, 15) is 43.2 Å². The van der Waals surface area contributed by atoms with Crippen LogP contribution in [0.15, 0.2) is 0 Å². The fraction of sp³-hybridized carbons (Fsp3) is 0.938. The lowest BCUT2D eigenvalue weighted by Gasteiger charge is -2.21. The van der Waals surface area contributed by atoms with Crippen molar-refractivity contribution in [2.24, 2.45) is 5.92 Å². The Balaban J connectivity index is 5.17. The van der Waals surface area contributed by atoms with E-state index in [1.165, 1.54) is 141 Å². The number of aliphatic hydroxyl groups excluding tert-OH is 1. The highest BCUT2D eigenvalue weighted by molar-refractivity contribution is 7.47. The summed E-state index contributed by atoms with van der Waals surface area (Å²) < 4.78 is 67.8. The van der Waals surface area contributed by atoms with Crippen molar-refractivity contribution in [2.75, 3.05) is 39.6 Å². The molecule has 2 unspecified atom stereocenters. The van der Waals surface area contributed by atoms with Crippen LogP contribution in [0.2, 0.25) is 0 Å². The van der Waals surface area contributed by atoms with Gasteiger partial charge in [-0.2, -0.15) is 0 Å². The zero-order valence-corrected chi connectivity index (χ0v) is 55.1. The van der Waals surface area contributed by atoms with E-state index in [1.807, 2.05) is 0 Å². The molecule has 0 spiro atoms. The zero-order chi connectivity index (χ0) is 61.3. The van der Waals surface area contributed by atoms with Gasteiger partial charge >= 0.3 is 39.5 Å². The van der Waals surface area contributed by atoms with Crippen molar-refractivity contribution in [2.45, 2.75) is 342 Å². The van der Waals surface area contributed by atoms with E-state index < -0.39 is 97.5 Å². The second-order valence-electron chi connectivity index (χ2n) is 23.6. The third kappa shape index (κ3) is 58.8. The van der Waals surface area contributed by atoms with Crippen LogP contribution in [-0.2, 0) is 65.4 Å². The molecule has 0 heterocycles. The molecule has 3 N–H and O–H groups in total. The number of esters is 4. The van der Waals surface area contributed by atoms with Gasteiger partial charge in [0.1, 0.15) is 19.3 Å². The van der Waals surface area contributed by atoms with Crippen molar-refractivity contribution in [3.05, 3.63) is 0 Å². The highest BCUT2D eigenvalue weighted by Gasteiger charge is 2.30. The van der Waals surface area contributed by atoms with Crippen LogP contribution in [0.25, 0.3) is 0 Å². The van der Waals surface area contributed by atoms with E-state index >= 15 is 0 Å². The molecule has 0 saturated carbocycles. The Morgan fingerprint density at radius 2 is 0.554 bits per heavy atom. The molecule has 0 rings (SSSR count). The van der Waals surface area contributed by atoms with Crippen molar-refractivity contribution in [3.8, 4) is 0 Å². The Bertz CT molecular complexity index is 1620. The van der Waals surface area contributed by atoms with Gasteiger partial charge in [0.05, 0.1) is 26.4 Å². The van der Waals surface area contributed by atoms with E-state index in [2.05, 4.69) is 34.6 Å². The maximum atomic E-state index is 13.0. The Morgan fingerprint density at radius 1 is 0.325 bits per heavy atom. The van der Waals surface area contributed by atoms with Crippen LogP contribution in [-0.4, -0.2) is 96.7 Å². The summed E-state index contributed by atoms with van der Waals surface area (Å²) >= 11 is 0. The van der Waals surface area contributed by atoms with Crippen LogP contribution < -0.4 is 0 Å². The van der Waals surface area contributed by atoms with Gasteiger partial charge in [0, 0.05) is 25.7 Å². The molecule has 0 aliphatic heterocycles. The topological polar surface area (TPSA) is 237 Å². The third-order valence-electron chi connectivity index (χ3n) is 14.8. The number of unbranched alkanes of at least 4 members (excludes halogenated alkanes) is 36. The summed E-state index contributed by atoms with van der Waals surface area (Å²) in [5.41, 5.74) is 0. The van der Waals surface area contributed by atoms with Crippen LogP contribution in [0, 0.1) is 5.92 Å². The number of hydrogen-bond acceptors (Lipinski definition) is 15.